The molecule has 1 rings (SSSR count). The zero-order valence-corrected chi connectivity index (χ0v) is 11.7. The van der Waals surface area contributed by atoms with Crippen LogP contribution < -0.4 is 0 Å². The van der Waals surface area contributed by atoms with E-state index in [2.05, 4.69) is 6.92 Å². The molecular weight excluding hydrogens is 258 g/mol. The first-order valence-corrected chi connectivity index (χ1v) is 6.98. The van der Waals surface area contributed by atoms with Crippen molar-refractivity contribution in [2.24, 2.45) is 0 Å². The largest absolute Gasteiger partial charge is 0.388 e. The quantitative estimate of drug-likeness (QED) is 0.426. The van der Waals surface area contributed by atoms with Crippen molar-refractivity contribution in [3.63, 3.8) is 0 Å². The maximum atomic E-state index is 11.7. The molecule has 1 atom stereocenters. The SMILES string of the molecule is CCCCCCC(=O)C[C@@H](O)c1ccc([N+](=O)[O-])cc1. The molecule has 1 aromatic carbocycles. The molecule has 0 spiro atoms. The summed E-state index contributed by atoms with van der Waals surface area (Å²) >= 11 is 0. The van der Waals surface area contributed by atoms with Gasteiger partial charge < -0.3 is 5.11 Å². The molecule has 5 heteroatoms. The van der Waals surface area contributed by atoms with Gasteiger partial charge in [0.2, 0.25) is 0 Å². The standard InChI is InChI=1S/C15H21NO4/c1-2-3-4-5-6-14(17)11-15(18)12-7-9-13(10-8-12)16(19)20/h7-10,15,18H,2-6,11H2,1H3/t15-/m1/s1. The van der Waals surface area contributed by atoms with E-state index in [-0.39, 0.29) is 17.9 Å². The van der Waals surface area contributed by atoms with Gasteiger partial charge in [0.1, 0.15) is 5.78 Å². The van der Waals surface area contributed by atoms with Crippen molar-refractivity contribution in [3.8, 4) is 0 Å². The Morgan fingerprint density at radius 3 is 2.45 bits per heavy atom. The Hall–Kier alpha value is -1.75. The Kier molecular flexibility index (Phi) is 6.87. The summed E-state index contributed by atoms with van der Waals surface area (Å²) in [6.45, 7) is 2.11. The molecule has 110 valence electrons. The third-order valence-electron chi connectivity index (χ3n) is 3.22. The number of ketones is 1. The first kappa shape index (κ1) is 16.3. The van der Waals surface area contributed by atoms with Gasteiger partial charge in [-0.2, -0.15) is 0 Å². The van der Waals surface area contributed by atoms with E-state index in [0.29, 0.717) is 12.0 Å². The Morgan fingerprint density at radius 1 is 1.25 bits per heavy atom. The lowest BCUT2D eigenvalue weighted by atomic mass is 10.0. The molecule has 0 amide bonds. The van der Waals surface area contributed by atoms with E-state index in [4.69, 9.17) is 0 Å². The number of carbonyl (C=O) groups is 1. The number of hydrogen-bond donors (Lipinski definition) is 1. The van der Waals surface area contributed by atoms with Gasteiger partial charge >= 0.3 is 0 Å². The van der Waals surface area contributed by atoms with Crippen LogP contribution >= 0.6 is 0 Å². The van der Waals surface area contributed by atoms with Crippen LogP contribution in [0.5, 0.6) is 0 Å². The van der Waals surface area contributed by atoms with E-state index in [1.165, 1.54) is 24.3 Å². The van der Waals surface area contributed by atoms with Crippen molar-refractivity contribution in [1.82, 2.24) is 0 Å². The first-order valence-electron chi connectivity index (χ1n) is 6.98. The Morgan fingerprint density at radius 2 is 1.90 bits per heavy atom. The van der Waals surface area contributed by atoms with Gasteiger partial charge in [-0.1, -0.05) is 26.2 Å². The monoisotopic (exact) mass is 279 g/mol. The molecule has 0 saturated heterocycles. The third kappa shape index (κ3) is 5.48. The highest BCUT2D eigenvalue weighted by molar-refractivity contribution is 5.79. The summed E-state index contributed by atoms with van der Waals surface area (Å²) in [4.78, 5) is 21.7. The molecule has 0 aromatic heterocycles. The molecule has 0 aliphatic heterocycles. The molecule has 1 aromatic rings. The third-order valence-corrected chi connectivity index (χ3v) is 3.22. The lowest BCUT2D eigenvalue weighted by molar-refractivity contribution is -0.384. The summed E-state index contributed by atoms with van der Waals surface area (Å²) in [7, 11) is 0. The zero-order chi connectivity index (χ0) is 15.0. The number of nitro benzene ring substituents is 1. The van der Waals surface area contributed by atoms with Crippen LogP contribution in [0.4, 0.5) is 5.69 Å². The van der Waals surface area contributed by atoms with E-state index in [1.807, 2.05) is 0 Å². The fourth-order valence-corrected chi connectivity index (χ4v) is 2.00. The maximum Gasteiger partial charge on any atom is 0.269 e. The second-order valence-corrected chi connectivity index (χ2v) is 4.92. The van der Waals surface area contributed by atoms with Crippen LogP contribution in [0.1, 0.15) is 57.1 Å². The molecule has 0 radical (unpaired) electrons. The normalized spacial score (nSPS) is 12.1. The number of unbranched alkanes of at least 4 members (excludes halogenated alkanes) is 3. The van der Waals surface area contributed by atoms with Crippen LogP contribution in [-0.2, 0) is 4.79 Å². The van der Waals surface area contributed by atoms with Gasteiger partial charge in [0.15, 0.2) is 0 Å². The van der Waals surface area contributed by atoms with Crippen molar-refractivity contribution < 1.29 is 14.8 Å². The highest BCUT2D eigenvalue weighted by Crippen LogP contribution is 2.21. The number of Topliss-reactive ketones (excluding diaryl/α,β-unsaturated/α-hetero) is 1. The van der Waals surface area contributed by atoms with E-state index in [1.54, 1.807) is 0 Å². The number of aliphatic hydroxyl groups excluding tert-OH is 1. The first-order chi connectivity index (χ1) is 9.54. The highest BCUT2D eigenvalue weighted by atomic mass is 16.6. The second-order valence-electron chi connectivity index (χ2n) is 4.92. The van der Waals surface area contributed by atoms with E-state index >= 15 is 0 Å². The maximum absolute atomic E-state index is 11.7. The summed E-state index contributed by atoms with van der Waals surface area (Å²) in [6.07, 6.45) is 3.83. The van der Waals surface area contributed by atoms with Crippen LogP contribution in [0.3, 0.4) is 0 Å². The summed E-state index contributed by atoms with van der Waals surface area (Å²) in [5, 5.41) is 20.5. The fourth-order valence-electron chi connectivity index (χ4n) is 2.00. The number of carbonyl (C=O) groups excluding carboxylic acids is 1. The smallest absolute Gasteiger partial charge is 0.269 e. The summed E-state index contributed by atoms with van der Waals surface area (Å²) in [5.41, 5.74) is 0.518. The minimum Gasteiger partial charge on any atom is -0.388 e. The average molecular weight is 279 g/mol. The van der Waals surface area contributed by atoms with Crippen molar-refractivity contribution in [3.05, 3.63) is 39.9 Å². The Labute approximate surface area is 118 Å². The summed E-state index contributed by atoms with van der Waals surface area (Å²) < 4.78 is 0. The van der Waals surface area contributed by atoms with Crippen molar-refractivity contribution in [1.29, 1.82) is 0 Å². The van der Waals surface area contributed by atoms with Crippen LogP contribution in [0.25, 0.3) is 0 Å². The molecule has 0 bridgehead atoms. The number of nitro groups is 1. The predicted molar refractivity (Wildman–Crippen MR) is 76.4 cm³/mol. The number of aliphatic hydroxyl groups is 1. The molecule has 0 heterocycles. The minimum atomic E-state index is -0.880. The van der Waals surface area contributed by atoms with Gasteiger partial charge in [-0.3, -0.25) is 14.9 Å². The highest BCUT2D eigenvalue weighted by Gasteiger charge is 2.14. The number of rotatable bonds is 9. The topological polar surface area (TPSA) is 80.4 Å². The van der Waals surface area contributed by atoms with Crippen LogP contribution in [-0.4, -0.2) is 15.8 Å². The Balaban J connectivity index is 2.43. The molecular formula is C15H21NO4. The molecule has 0 saturated carbocycles. The number of benzene rings is 1. The number of non-ortho nitro benzene ring substituents is 1. The van der Waals surface area contributed by atoms with Gasteiger partial charge in [-0.25, -0.2) is 0 Å². The average Bonchev–Trinajstić information content (AvgIpc) is 2.43. The molecule has 20 heavy (non-hydrogen) atoms. The lowest BCUT2D eigenvalue weighted by Crippen LogP contribution is -2.06. The van der Waals surface area contributed by atoms with Crippen LogP contribution in [0, 0.1) is 10.1 Å². The van der Waals surface area contributed by atoms with Crippen molar-refractivity contribution >= 4 is 11.5 Å². The number of nitrogens with zero attached hydrogens (tertiary/aromatic N) is 1. The van der Waals surface area contributed by atoms with E-state index in [9.17, 15) is 20.0 Å². The van der Waals surface area contributed by atoms with Gasteiger partial charge in [0.25, 0.3) is 5.69 Å². The fraction of sp³-hybridized carbons (Fsp3) is 0.533. The van der Waals surface area contributed by atoms with E-state index in [0.717, 1.165) is 25.7 Å². The second kappa shape index (κ2) is 8.43. The van der Waals surface area contributed by atoms with Crippen LogP contribution in [0.2, 0.25) is 0 Å². The van der Waals surface area contributed by atoms with Gasteiger partial charge in [-0.05, 0) is 24.1 Å². The van der Waals surface area contributed by atoms with E-state index < -0.39 is 11.0 Å². The summed E-state index contributed by atoms with van der Waals surface area (Å²) in [6, 6.07) is 5.66. The van der Waals surface area contributed by atoms with Gasteiger partial charge in [0, 0.05) is 25.0 Å². The van der Waals surface area contributed by atoms with Gasteiger partial charge in [-0.15, -0.1) is 0 Å². The zero-order valence-electron chi connectivity index (χ0n) is 11.7. The predicted octanol–water partition coefficient (Wildman–Crippen LogP) is 3.56. The molecule has 0 unspecified atom stereocenters. The molecule has 0 aliphatic carbocycles. The molecule has 1 N–H and O–H groups in total. The molecule has 0 fully saturated rings. The minimum absolute atomic E-state index is 0.0214. The van der Waals surface area contributed by atoms with Crippen molar-refractivity contribution in [2.75, 3.05) is 0 Å². The Bertz CT molecular complexity index is 442. The summed E-state index contributed by atoms with van der Waals surface area (Å²) in [5.74, 6) is 0.0342. The van der Waals surface area contributed by atoms with Crippen molar-refractivity contribution in [2.45, 2.75) is 51.6 Å². The molecule has 0 aliphatic rings. The van der Waals surface area contributed by atoms with Gasteiger partial charge in [0.05, 0.1) is 11.0 Å². The van der Waals surface area contributed by atoms with Crippen LogP contribution in [0.15, 0.2) is 24.3 Å². The lowest BCUT2D eigenvalue weighted by Gasteiger charge is -2.10. The number of hydrogen-bond acceptors (Lipinski definition) is 4. The molecule has 5 nitrogen and oxygen atoms in total.